The Hall–Kier alpha value is -1.51. The summed E-state index contributed by atoms with van der Waals surface area (Å²) in [6.45, 7) is 3.84. The van der Waals surface area contributed by atoms with Gasteiger partial charge in [0.1, 0.15) is 11.3 Å². The maximum Gasteiger partial charge on any atom is 0.339 e. The summed E-state index contributed by atoms with van der Waals surface area (Å²) in [4.78, 5) is 10.9. The van der Waals surface area contributed by atoms with Crippen molar-refractivity contribution in [3.05, 3.63) is 28.8 Å². The molecular weight excluding hydrogens is 192 g/mol. The van der Waals surface area contributed by atoms with Crippen molar-refractivity contribution < 1.29 is 15.0 Å². The highest BCUT2D eigenvalue weighted by molar-refractivity contribution is 5.92. The quantitative estimate of drug-likeness (QED) is 0.799. The van der Waals surface area contributed by atoms with Crippen molar-refractivity contribution in [2.24, 2.45) is 0 Å². The van der Waals surface area contributed by atoms with Gasteiger partial charge < -0.3 is 10.2 Å². The SMILES string of the molecule is CCCCc1ccc(O)c(C(=O)O)c1C. The van der Waals surface area contributed by atoms with Crippen LogP contribution in [-0.4, -0.2) is 16.2 Å². The van der Waals surface area contributed by atoms with Gasteiger partial charge in [-0.05, 0) is 37.0 Å². The summed E-state index contributed by atoms with van der Waals surface area (Å²) in [5.41, 5.74) is 1.71. The number of unbranched alkanes of at least 4 members (excludes halogenated alkanes) is 1. The van der Waals surface area contributed by atoms with E-state index in [0.29, 0.717) is 5.56 Å². The minimum Gasteiger partial charge on any atom is -0.507 e. The molecule has 0 heterocycles. The largest absolute Gasteiger partial charge is 0.507 e. The molecule has 0 aliphatic carbocycles. The number of carboxylic acids is 1. The lowest BCUT2D eigenvalue weighted by molar-refractivity contribution is 0.0693. The highest BCUT2D eigenvalue weighted by atomic mass is 16.4. The summed E-state index contributed by atoms with van der Waals surface area (Å²) >= 11 is 0. The Bertz CT molecular complexity index is 369. The zero-order chi connectivity index (χ0) is 11.4. The van der Waals surface area contributed by atoms with Crippen LogP contribution in [0.3, 0.4) is 0 Å². The second-order valence-electron chi connectivity index (χ2n) is 3.65. The molecule has 15 heavy (non-hydrogen) atoms. The highest BCUT2D eigenvalue weighted by Gasteiger charge is 2.15. The second kappa shape index (κ2) is 4.82. The number of phenols is 1. The molecule has 0 aliphatic rings. The first-order chi connectivity index (χ1) is 7.07. The van der Waals surface area contributed by atoms with Gasteiger partial charge in [0.15, 0.2) is 0 Å². The molecule has 0 saturated carbocycles. The van der Waals surface area contributed by atoms with E-state index in [0.717, 1.165) is 24.8 Å². The van der Waals surface area contributed by atoms with Gasteiger partial charge in [0.25, 0.3) is 0 Å². The minimum absolute atomic E-state index is 0.0311. The van der Waals surface area contributed by atoms with Gasteiger partial charge in [0.05, 0.1) is 0 Å². The maximum atomic E-state index is 10.9. The van der Waals surface area contributed by atoms with E-state index in [1.807, 2.05) is 0 Å². The van der Waals surface area contributed by atoms with E-state index in [2.05, 4.69) is 6.92 Å². The van der Waals surface area contributed by atoms with E-state index in [1.54, 1.807) is 13.0 Å². The summed E-state index contributed by atoms with van der Waals surface area (Å²) in [5.74, 6) is -1.22. The van der Waals surface area contributed by atoms with E-state index in [1.165, 1.54) is 6.07 Å². The van der Waals surface area contributed by atoms with Crippen LogP contribution in [0.25, 0.3) is 0 Å². The fourth-order valence-electron chi connectivity index (χ4n) is 1.65. The molecule has 0 saturated heterocycles. The average molecular weight is 208 g/mol. The number of hydrogen-bond acceptors (Lipinski definition) is 2. The first kappa shape index (κ1) is 11.6. The average Bonchev–Trinajstić information content (AvgIpc) is 2.16. The van der Waals surface area contributed by atoms with Crippen LogP contribution < -0.4 is 0 Å². The van der Waals surface area contributed by atoms with Crippen LogP contribution in [0.5, 0.6) is 5.75 Å². The third-order valence-corrected chi connectivity index (χ3v) is 2.57. The molecule has 0 aliphatic heterocycles. The molecule has 1 aromatic carbocycles. The molecule has 0 unspecified atom stereocenters. The molecule has 0 spiro atoms. The Morgan fingerprint density at radius 1 is 1.40 bits per heavy atom. The Morgan fingerprint density at radius 3 is 2.60 bits per heavy atom. The van der Waals surface area contributed by atoms with Crippen molar-refractivity contribution in [2.45, 2.75) is 33.1 Å². The molecule has 3 heteroatoms. The molecule has 0 amide bonds. The molecule has 2 N–H and O–H groups in total. The predicted octanol–water partition coefficient (Wildman–Crippen LogP) is 2.74. The Kier molecular flexibility index (Phi) is 3.72. The molecule has 0 fully saturated rings. The van der Waals surface area contributed by atoms with E-state index in [-0.39, 0.29) is 11.3 Å². The number of aromatic hydroxyl groups is 1. The summed E-state index contributed by atoms with van der Waals surface area (Å²) in [6, 6.07) is 3.26. The van der Waals surface area contributed by atoms with Crippen LogP contribution in [0.2, 0.25) is 0 Å². The van der Waals surface area contributed by atoms with Gasteiger partial charge in [-0.3, -0.25) is 0 Å². The monoisotopic (exact) mass is 208 g/mol. The number of rotatable bonds is 4. The van der Waals surface area contributed by atoms with Crippen LogP contribution in [0.15, 0.2) is 12.1 Å². The van der Waals surface area contributed by atoms with Crippen molar-refractivity contribution >= 4 is 5.97 Å². The minimum atomic E-state index is -1.07. The van der Waals surface area contributed by atoms with Crippen LogP contribution in [-0.2, 0) is 6.42 Å². The van der Waals surface area contributed by atoms with Gasteiger partial charge in [-0.2, -0.15) is 0 Å². The summed E-state index contributed by atoms with van der Waals surface area (Å²) in [7, 11) is 0. The number of aryl methyl sites for hydroxylation is 1. The van der Waals surface area contributed by atoms with E-state index in [4.69, 9.17) is 5.11 Å². The zero-order valence-corrected chi connectivity index (χ0v) is 9.08. The zero-order valence-electron chi connectivity index (χ0n) is 9.08. The lowest BCUT2D eigenvalue weighted by Gasteiger charge is -2.09. The molecule has 3 nitrogen and oxygen atoms in total. The molecular formula is C12H16O3. The summed E-state index contributed by atoms with van der Waals surface area (Å²) in [6.07, 6.45) is 2.97. The van der Waals surface area contributed by atoms with Gasteiger partial charge in [0.2, 0.25) is 0 Å². The van der Waals surface area contributed by atoms with Crippen molar-refractivity contribution in [3.8, 4) is 5.75 Å². The van der Waals surface area contributed by atoms with Gasteiger partial charge in [-0.15, -0.1) is 0 Å². The normalized spacial score (nSPS) is 10.3. The smallest absolute Gasteiger partial charge is 0.339 e. The van der Waals surface area contributed by atoms with Crippen LogP contribution in [0.1, 0.15) is 41.3 Å². The second-order valence-corrected chi connectivity index (χ2v) is 3.65. The van der Waals surface area contributed by atoms with Crippen molar-refractivity contribution in [3.63, 3.8) is 0 Å². The maximum absolute atomic E-state index is 10.9. The van der Waals surface area contributed by atoms with Crippen molar-refractivity contribution in [1.29, 1.82) is 0 Å². The van der Waals surface area contributed by atoms with E-state index >= 15 is 0 Å². The predicted molar refractivity (Wildman–Crippen MR) is 58.4 cm³/mol. The lowest BCUT2D eigenvalue weighted by Crippen LogP contribution is -2.03. The molecule has 0 aromatic heterocycles. The van der Waals surface area contributed by atoms with E-state index in [9.17, 15) is 9.90 Å². The number of aromatic carboxylic acids is 1. The Balaban J connectivity index is 3.11. The molecule has 1 rings (SSSR count). The van der Waals surface area contributed by atoms with Gasteiger partial charge >= 0.3 is 5.97 Å². The number of carbonyl (C=O) groups is 1. The van der Waals surface area contributed by atoms with Crippen LogP contribution >= 0.6 is 0 Å². The summed E-state index contributed by atoms with van der Waals surface area (Å²) < 4.78 is 0. The molecule has 1 aromatic rings. The Morgan fingerprint density at radius 2 is 2.07 bits per heavy atom. The van der Waals surface area contributed by atoms with E-state index < -0.39 is 5.97 Å². The third kappa shape index (κ3) is 2.49. The third-order valence-electron chi connectivity index (χ3n) is 2.57. The van der Waals surface area contributed by atoms with Crippen LogP contribution in [0, 0.1) is 6.92 Å². The highest BCUT2D eigenvalue weighted by Crippen LogP contribution is 2.24. The number of benzene rings is 1. The lowest BCUT2D eigenvalue weighted by atomic mass is 9.97. The molecule has 0 radical (unpaired) electrons. The topological polar surface area (TPSA) is 57.5 Å². The molecule has 0 atom stereocenters. The number of carboxylic acid groups (broad SMARTS) is 1. The number of hydrogen-bond donors (Lipinski definition) is 2. The van der Waals surface area contributed by atoms with Crippen molar-refractivity contribution in [1.82, 2.24) is 0 Å². The van der Waals surface area contributed by atoms with Gasteiger partial charge in [0, 0.05) is 0 Å². The molecule has 0 bridgehead atoms. The molecule has 82 valence electrons. The first-order valence-corrected chi connectivity index (χ1v) is 5.12. The van der Waals surface area contributed by atoms with Gasteiger partial charge in [-0.1, -0.05) is 19.4 Å². The Labute approximate surface area is 89.4 Å². The van der Waals surface area contributed by atoms with Crippen LogP contribution in [0.4, 0.5) is 0 Å². The fraction of sp³-hybridized carbons (Fsp3) is 0.417. The first-order valence-electron chi connectivity index (χ1n) is 5.12. The summed E-state index contributed by atoms with van der Waals surface area (Å²) in [5, 5.41) is 18.4. The van der Waals surface area contributed by atoms with Gasteiger partial charge in [-0.25, -0.2) is 4.79 Å². The fourth-order valence-corrected chi connectivity index (χ4v) is 1.65. The van der Waals surface area contributed by atoms with Crippen molar-refractivity contribution in [2.75, 3.05) is 0 Å². The standard InChI is InChI=1S/C12H16O3/c1-3-4-5-9-6-7-10(13)11(8(9)2)12(14)15/h6-7,13H,3-5H2,1-2H3,(H,14,15).